The van der Waals surface area contributed by atoms with Gasteiger partial charge >= 0.3 is 0 Å². The predicted molar refractivity (Wildman–Crippen MR) is 105 cm³/mol. The second-order valence-electron chi connectivity index (χ2n) is 6.88. The van der Waals surface area contributed by atoms with Crippen molar-refractivity contribution in [2.24, 2.45) is 0 Å². The number of nitrogens with zero attached hydrogens (tertiary/aromatic N) is 2. The molecule has 0 saturated carbocycles. The van der Waals surface area contributed by atoms with Gasteiger partial charge in [-0.1, -0.05) is 35.9 Å². The third-order valence-corrected chi connectivity index (χ3v) is 6.83. The van der Waals surface area contributed by atoms with E-state index in [2.05, 4.69) is 15.5 Å². The quantitative estimate of drug-likeness (QED) is 0.709. The Morgan fingerprint density at radius 1 is 1.07 bits per heavy atom. The van der Waals surface area contributed by atoms with Crippen molar-refractivity contribution in [2.75, 3.05) is 5.32 Å². The van der Waals surface area contributed by atoms with Gasteiger partial charge in [0, 0.05) is 17.7 Å². The van der Waals surface area contributed by atoms with Gasteiger partial charge in [-0.15, -0.1) is 0 Å². The van der Waals surface area contributed by atoms with Gasteiger partial charge in [0.2, 0.25) is 10.0 Å². The molecule has 2 aromatic carbocycles. The van der Waals surface area contributed by atoms with Gasteiger partial charge in [-0.05, 0) is 37.6 Å². The molecule has 1 aromatic heterocycles. The Bertz CT molecular complexity index is 1150. The lowest BCUT2D eigenvalue weighted by Gasteiger charge is -2.17. The number of benzene rings is 2. The highest BCUT2D eigenvalue weighted by Crippen LogP contribution is 2.32. The molecule has 1 aliphatic rings. The summed E-state index contributed by atoms with van der Waals surface area (Å²) in [6.45, 7) is 4.05. The summed E-state index contributed by atoms with van der Waals surface area (Å²) in [7, 11) is -3.64. The zero-order valence-corrected chi connectivity index (χ0v) is 16.4. The topological polar surface area (TPSA) is 95.2 Å². The molecule has 144 valence electrons. The molecule has 0 atom stereocenters. The standard InChI is InChI=1S/C20H20N4O3S/c1-13-7-9-15(10-8-13)20(25)21-19-16-11-24(12-17(16)22-23-19)28(26,27)18-6-4-3-5-14(18)2/h3-10H,11-12H2,1-2H3,(H2,21,22,23,25). The first kappa shape index (κ1) is 18.4. The van der Waals surface area contributed by atoms with Crippen LogP contribution in [0, 0.1) is 13.8 Å². The van der Waals surface area contributed by atoms with E-state index in [1.54, 1.807) is 37.3 Å². The fourth-order valence-corrected chi connectivity index (χ4v) is 4.85. The maximum atomic E-state index is 13.0. The number of nitrogens with one attached hydrogen (secondary N) is 2. The number of anilines is 1. The number of amides is 1. The smallest absolute Gasteiger partial charge is 0.256 e. The first-order valence-corrected chi connectivity index (χ1v) is 10.3. The molecule has 0 unspecified atom stereocenters. The number of carbonyl (C=O) groups excluding carboxylic acids is 1. The number of rotatable bonds is 4. The van der Waals surface area contributed by atoms with Crippen molar-refractivity contribution in [2.45, 2.75) is 31.8 Å². The number of carbonyl (C=O) groups is 1. The molecular weight excluding hydrogens is 376 g/mol. The molecule has 0 aliphatic carbocycles. The predicted octanol–water partition coefficient (Wildman–Crippen LogP) is 2.98. The highest BCUT2D eigenvalue weighted by Gasteiger charge is 2.35. The fourth-order valence-electron chi connectivity index (χ4n) is 3.25. The third kappa shape index (κ3) is 3.21. The van der Waals surface area contributed by atoms with Gasteiger partial charge in [0.1, 0.15) is 5.82 Å². The molecule has 28 heavy (non-hydrogen) atoms. The Labute approximate surface area is 163 Å². The van der Waals surface area contributed by atoms with E-state index in [9.17, 15) is 13.2 Å². The summed E-state index contributed by atoms with van der Waals surface area (Å²) in [5, 5.41) is 9.80. The van der Waals surface area contributed by atoms with E-state index in [0.29, 0.717) is 28.2 Å². The average Bonchev–Trinajstić information content (AvgIpc) is 3.25. The SMILES string of the molecule is Cc1ccc(C(=O)Nc2[nH]nc3c2CN(S(=O)(=O)c2ccccc2C)C3)cc1. The van der Waals surface area contributed by atoms with Crippen LogP contribution >= 0.6 is 0 Å². The molecular formula is C20H20N4O3S. The van der Waals surface area contributed by atoms with Crippen molar-refractivity contribution < 1.29 is 13.2 Å². The first-order valence-electron chi connectivity index (χ1n) is 8.86. The van der Waals surface area contributed by atoms with Gasteiger partial charge in [-0.3, -0.25) is 9.89 Å². The molecule has 0 bridgehead atoms. The maximum Gasteiger partial charge on any atom is 0.256 e. The van der Waals surface area contributed by atoms with Crippen molar-refractivity contribution in [3.63, 3.8) is 0 Å². The molecule has 2 N–H and O–H groups in total. The largest absolute Gasteiger partial charge is 0.307 e. The lowest BCUT2D eigenvalue weighted by atomic mass is 10.1. The van der Waals surface area contributed by atoms with E-state index in [1.807, 2.05) is 25.1 Å². The molecule has 4 rings (SSSR count). The molecule has 0 spiro atoms. The summed E-state index contributed by atoms with van der Waals surface area (Å²) in [4.78, 5) is 12.8. The van der Waals surface area contributed by atoms with Crippen LogP contribution < -0.4 is 5.32 Å². The normalized spacial score (nSPS) is 14.1. The second-order valence-corrected chi connectivity index (χ2v) is 8.79. The molecule has 0 fully saturated rings. The van der Waals surface area contributed by atoms with Crippen LogP contribution in [0.3, 0.4) is 0 Å². The second kappa shape index (κ2) is 6.88. The van der Waals surface area contributed by atoms with Crippen LogP contribution in [0.5, 0.6) is 0 Å². The molecule has 7 nitrogen and oxygen atoms in total. The minimum absolute atomic E-state index is 0.159. The summed E-state index contributed by atoms with van der Waals surface area (Å²) in [6, 6.07) is 14.1. The Kier molecular flexibility index (Phi) is 4.52. The van der Waals surface area contributed by atoms with Crippen LogP contribution in [0.1, 0.15) is 32.7 Å². The number of aryl methyl sites for hydroxylation is 2. The van der Waals surface area contributed by atoms with Crippen LogP contribution in [0.15, 0.2) is 53.4 Å². The number of hydrogen-bond donors (Lipinski definition) is 2. The summed E-state index contributed by atoms with van der Waals surface area (Å²) in [6.07, 6.45) is 0. The van der Waals surface area contributed by atoms with Gasteiger partial charge in [-0.2, -0.15) is 9.40 Å². The van der Waals surface area contributed by atoms with Crippen LogP contribution in [-0.2, 0) is 23.1 Å². The van der Waals surface area contributed by atoms with Crippen molar-refractivity contribution >= 4 is 21.7 Å². The Morgan fingerprint density at radius 3 is 2.50 bits per heavy atom. The van der Waals surface area contributed by atoms with Gasteiger partial charge in [0.25, 0.3) is 5.91 Å². The minimum Gasteiger partial charge on any atom is -0.307 e. The van der Waals surface area contributed by atoms with Crippen LogP contribution in [0.4, 0.5) is 5.82 Å². The van der Waals surface area contributed by atoms with Gasteiger partial charge in [-0.25, -0.2) is 8.42 Å². The molecule has 0 radical (unpaired) electrons. The Hall–Kier alpha value is -2.97. The number of aromatic amines is 1. The third-order valence-electron chi connectivity index (χ3n) is 4.88. The summed E-state index contributed by atoms with van der Waals surface area (Å²) in [5.74, 6) is 0.162. The van der Waals surface area contributed by atoms with E-state index in [0.717, 1.165) is 5.56 Å². The summed E-state index contributed by atoms with van der Waals surface area (Å²) < 4.78 is 27.4. The van der Waals surface area contributed by atoms with Crippen LogP contribution in [-0.4, -0.2) is 28.8 Å². The maximum absolute atomic E-state index is 13.0. The van der Waals surface area contributed by atoms with Crippen molar-refractivity contribution in [3.8, 4) is 0 Å². The monoisotopic (exact) mass is 396 g/mol. The highest BCUT2D eigenvalue weighted by molar-refractivity contribution is 7.89. The Morgan fingerprint density at radius 2 is 1.79 bits per heavy atom. The Balaban J connectivity index is 1.56. The fraction of sp³-hybridized carbons (Fsp3) is 0.200. The highest BCUT2D eigenvalue weighted by atomic mass is 32.2. The number of aromatic nitrogens is 2. The van der Waals surface area contributed by atoms with Crippen molar-refractivity contribution in [3.05, 3.63) is 76.5 Å². The average molecular weight is 396 g/mol. The van der Waals surface area contributed by atoms with Crippen molar-refractivity contribution in [1.82, 2.24) is 14.5 Å². The van der Waals surface area contributed by atoms with Crippen LogP contribution in [0.2, 0.25) is 0 Å². The molecule has 3 aromatic rings. The number of sulfonamides is 1. The first-order chi connectivity index (χ1) is 13.4. The summed E-state index contributed by atoms with van der Waals surface area (Å²) in [5.41, 5.74) is 3.60. The zero-order valence-electron chi connectivity index (χ0n) is 15.6. The van der Waals surface area contributed by atoms with Gasteiger partial charge in [0.15, 0.2) is 0 Å². The van der Waals surface area contributed by atoms with E-state index >= 15 is 0 Å². The lowest BCUT2D eigenvalue weighted by Crippen LogP contribution is -2.27. The number of fused-ring (bicyclic) bond motifs is 1. The van der Waals surface area contributed by atoms with E-state index in [1.165, 1.54) is 4.31 Å². The van der Waals surface area contributed by atoms with Crippen molar-refractivity contribution in [1.29, 1.82) is 0 Å². The molecule has 1 aliphatic heterocycles. The molecule has 0 saturated heterocycles. The number of hydrogen-bond acceptors (Lipinski definition) is 4. The van der Waals surface area contributed by atoms with E-state index in [4.69, 9.17) is 0 Å². The minimum atomic E-state index is -3.64. The van der Waals surface area contributed by atoms with E-state index in [-0.39, 0.29) is 23.9 Å². The molecule has 8 heteroatoms. The molecule has 1 amide bonds. The van der Waals surface area contributed by atoms with Gasteiger partial charge in [0.05, 0.1) is 17.1 Å². The van der Waals surface area contributed by atoms with Crippen LogP contribution in [0.25, 0.3) is 0 Å². The summed E-state index contributed by atoms with van der Waals surface area (Å²) >= 11 is 0. The van der Waals surface area contributed by atoms with Gasteiger partial charge < -0.3 is 5.32 Å². The lowest BCUT2D eigenvalue weighted by molar-refractivity contribution is 0.102. The zero-order chi connectivity index (χ0) is 19.9. The number of H-pyrrole nitrogens is 1. The molecule has 2 heterocycles. The van der Waals surface area contributed by atoms with E-state index < -0.39 is 10.0 Å².